The van der Waals surface area contributed by atoms with E-state index in [0.717, 1.165) is 31.2 Å². The van der Waals surface area contributed by atoms with Crippen molar-refractivity contribution in [3.8, 4) is 0 Å². The molecule has 0 radical (unpaired) electrons. The third-order valence-electron chi connectivity index (χ3n) is 4.50. The van der Waals surface area contributed by atoms with Crippen molar-refractivity contribution in [2.45, 2.75) is 50.3 Å². The molecule has 4 nitrogen and oxygen atoms in total. The van der Waals surface area contributed by atoms with Crippen LogP contribution in [-0.2, 0) is 10.0 Å². The summed E-state index contributed by atoms with van der Waals surface area (Å²) in [7, 11) is -3.35. The summed E-state index contributed by atoms with van der Waals surface area (Å²) >= 11 is 0. The van der Waals surface area contributed by atoms with Crippen LogP contribution in [0.25, 0.3) is 0 Å². The molecule has 0 unspecified atom stereocenters. The average Bonchev–Trinajstić information content (AvgIpc) is 2.46. The van der Waals surface area contributed by atoms with Crippen LogP contribution < -0.4 is 5.73 Å². The Balaban J connectivity index is 2.20. The Morgan fingerprint density at radius 1 is 1.23 bits per heavy atom. The molecule has 1 aliphatic rings. The van der Waals surface area contributed by atoms with E-state index in [1.807, 2.05) is 12.1 Å². The number of nitrogens with zero attached hydrogens (tertiary/aromatic N) is 1. The molecule has 1 heterocycles. The van der Waals surface area contributed by atoms with Crippen molar-refractivity contribution in [2.24, 2.45) is 11.7 Å². The maximum absolute atomic E-state index is 12.7. The van der Waals surface area contributed by atoms with E-state index in [9.17, 15) is 8.42 Å². The molecule has 0 saturated carbocycles. The van der Waals surface area contributed by atoms with Crippen molar-refractivity contribution in [3.63, 3.8) is 0 Å². The van der Waals surface area contributed by atoms with Gasteiger partial charge in [-0.15, -0.1) is 0 Å². The van der Waals surface area contributed by atoms with E-state index in [1.165, 1.54) is 4.31 Å². The molecule has 0 aliphatic carbocycles. The number of hydrogen-bond acceptors (Lipinski definition) is 3. The quantitative estimate of drug-likeness (QED) is 0.799. The number of rotatable bonds is 8. The van der Waals surface area contributed by atoms with Gasteiger partial charge < -0.3 is 5.73 Å². The van der Waals surface area contributed by atoms with Crippen LogP contribution in [0.5, 0.6) is 0 Å². The van der Waals surface area contributed by atoms with Gasteiger partial charge in [-0.2, -0.15) is 4.31 Å². The molecule has 2 rings (SSSR count). The third-order valence-corrected chi connectivity index (χ3v) is 6.33. The predicted octanol–water partition coefficient (Wildman–Crippen LogP) is 2.95. The number of nitrogens with two attached hydrogens (primary N) is 1. The lowest BCUT2D eigenvalue weighted by molar-refractivity contribution is 0.207. The highest BCUT2D eigenvalue weighted by Crippen LogP contribution is 2.30. The summed E-state index contributed by atoms with van der Waals surface area (Å²) in [6.45, 7) is 6.01. The van der Waals surface area contributed by atoms with Gasteiger partial charge in [0.25, 0.3) is 0 Å². The lowest BCUT2D eigenvalue weighted by atomic mass is 9.90. The van der Waals surface area contributed by atoms with Gasteiger partial charge in [0.1, 0.15) is 0 Å². The van der Waals surface area contributed by atoms with Crippen molar-refractivity contribution in [1.29, 1.82) is 0 Å². The van der Waals surface area contributed by atoms with Crippen LogP contribution in [0.4, 0.5) is 0 Å². The number of benzene rings is 1. The van der Waals surface area contributed by atoms with Crippen molar-refractivity contribution in [1.82, 2.24) is 4.31 Å². The lowest BCUT2D eigenvalue weighted by Crippen LogP contribution is -2.52. The van der Waals surface area contributed by atoms with Crippen molar-refractivity contribution < 1.29 is 8.42 Å². The molecule has 1 saturated heterocycles. The minimum atomic E-state index is -3.35. The van der Waals surface area contributed by atoms with Crippen LogP contribution in [0, 0.1) is 5.92 Å². The van der Waals surface area contributed by atoms with E-state index < -0.39 is 10.0 Å². The van der Waals surface area contributed by atoms with Gasteiger partial charge in [0.05, 0.1) is 4.90 Å². The molecule has 0 aromatic heterocycles. The van der Waals surface area contributed by atoms with Crippen molar-refractivity contribution >= 4 is 10.0 Å². The third kappa shape index (κ3) is 3.70. The molecule has 1 fully saturated rings. The molecule has 1 aromatic rings. The Labute approximate surface area is 134 Å². The fourth-order valence-electron chi connectivity index (χ4n) is 3.12. The number of hydrogen-bond donors (Lipinski definition) is 1. The van der Waals surface area contributed by atoms with Gasteiger partial charge in [-0.3, -0.25) is 0 Å². The molecule has 0 atom stereocenters. The topological polar surface area (TPSA) is 63.4 Å². The van der Waals surface area contributed by atoms with Gasteiger partial charge >= 0.3 is 0 Å². The molecule has 22 heavy (non-hydrogen) atoms. The predicted molar refractivity (Wildman–Crippen MR) is 90.3 cm³/mol. The van der Waals surface area contributed by atoms with Crippen LogP contribution in [0.1, 0.15) is 51.0 Å². The highest BCUT2D eigenvalue weighted by molar-refractivity contribution is 7.89. The minimum absolute atomic E-state index is 0.311. The highest BCUT2D eigenvalue weighted by atomic mass is 32.2. The smallest absolute Gasteiger partial charge is 0.243 e. The van der Waals surface area contributed by atoms with Gasteiger partial charge in [0, 0.05) is 13.1 Å². The first kappa shape index (κ1) is 17.4. The second kappa shape index (κ2) is 7.57. The second-order valence-electron chi connectivity index (χ2n) is 6.27. The summed E-state index contributed by atoms with van der Waals surface area (Å²) in [6.07, 6.45) is 4.45. The highest BCUT2D eigenvalue weighted by Gasteiger charge is 2.35. The molecule has 0 spiro atoms. The Morgan fingerprint density at radius 2 is 1.86 bits per heavy atom. The Morgan fingerprint density at radius 3 is 2.41 bits per heavy atom. The molecular weight excluding hydrogens is 296 g/mol. The minimum Gasteiger partial charge on any atom is -0.330 e. The number of sulfonamides is 1. The second-order valence-corrected chi connectivity index (χ2v) is 8.21. The average molecular weight is 324 g/mol. The maximum atomic E-state index is 12.7. The monoisotopic (exact) mass is 324 g/mol. The van der Waals surface area contributed by atoms with Crippen molar-refractivity contribution in [3.05, 3.63) is 29.8 Å². The van der Waals surface area contributed by atoms with Gasteiger partial charge in [-0.05, 0) is 48.9 Å². The molecule has 5 heteroatoms. The van der Waals surface area contributed by atoms with Crippen LogP contribution in [0.15, 0.2) is 29.2 Å². The normalized spacial score (nSPS) is 16.9. The molecule has 124 valence electrons. The van der Waals surface area contributed by atoms with Crippen LogP contribution in [-0.4, -0.2) is 32.4 Å². The SMILES string of the molecule is CCCC(CCC)c1cccc(S(=O)(=O)N2CC(CN)C2)c1. The molecule has 1 aliphatic heterocycles. The fraction of sp³-hybridized carbons (Fsp3) is 0.647. The molecule has 2 N–H and O–H groups in total. The van der Waals surface area contributed by atoms with Crippen LogP contribution in [0.3, 0.4) is 0 Å². The summed E-state index contributed by atoms with van der Waals surface area (Å²) in [5, 5.41) is 0. The van der Waals surface area contributed by atoms with Gasteiger partial charge in [-0.1, -0.05) is 38.8 Å². The maximum Gasteiger partial charge on any atom is 0.243 e. The molecule has 0 bridgehead atoms. The van der Waals surface area contributed by atoms with E-state index in [0.29, 0.717) is 36.4 Å². The van der Waals surface area contributed by atoms with Gasteiger partial charge in [0.2, 0.25) is 10.0 Å². The largest absolute Gasteiger partial charge is 0.330 e. The first-order valence-electron chi connectivity index (χ1n) is 8.33. The Bertz CT molecular complexity index is 574. The van der Waals surface area contributed by atoms with E-state index >= 15 is 0 Å². The zero-order valence-corrected chi connectivity index (χ0v) is 14.5. The Kier molecular flexibility index (Phi) is 6.01. The van der Waals surface area contributed by atoms with Crippen LogP contribution >= 0.6 is 0 Å². The standard InChI is InChI=1S/C17H28N2O2S/c1-3-6-15(7-4-2)16-8-5-9-17(10-16)22(20,21)19-12-14(11-18)13-19/h5,8-10,14-15H,3-4,6-7,11-13,18H2,1-2H3. The van der Waals surface area contributed by atoms with Crippen LogP contribution in [0.2, 0.25) is 0 Å². The molecule has 0 amide bonds. The van der Waals surface area contributed by atoms with E-state index in [-0.39, 0.29) is 0 Å². The summed E-state index contributed by atoms with van der Waals surface area (Å²) in [5.74, 6) is 0.768. The summed E-state index contributed by atoms with van der Waals surface area (Å²) in [4.78, 5) is 0.428. The molecular formula is C17H28N2O2S. The first-order chi connectivity index (χ1) is 10.5. The van der Waals surface area contributed by atoms with Gasteiger partial charge in [-0.25, -0.2) is 8.42 Å². The first-order valence-corrected chi connectivity index (χ1v) is 9.77. The van der Waals surface area contributed by atoms with E-state index in [4.69, 9.17) is 5.73 Å². The molecule has 1 aromatic carbocycles. The van der Waals surface area contributed by atoms with Gasteiger partial charge in [0.15, 0.2) is 0 Å². The zero-order chi connectivity index (χ0) is 16.2. The summed E-state index contributed by atoms with van der Waals surface area (Å²) < 4.78 is 26.8. The lowest BCUT2D eigenvalue weighted by Gasteiger charge is -2.37. The Hall–Kier alpha value is -0.910. The fourth-order valence-corrected chi connectivity index (χ4v) is 4.77. The van der Waals surface area contributed by atoms with E-state index in [2.05, 4.69) is 19.9 Å². The van der Waals surface area contributed by atoms with E-state index in [1.54, 1.807) is 6.07 Å². The zero-order valence-electron chi connectivity index (χ0n) is 13.7. The summed E-state index contributed by atoms with van der Waals surface area (Å²) in [5.41, 5.74) is 6.74. The summed E-state index contributed by atoms with van der Waals surface area (Å²) in [6, 6.07) is 7.53. The van der Waals surface area contributed by atoms with Crippen molar-refractivity contribution in [2.75, 3.05) is 19.6 Å².